The van der Waals surface area contributed by atoms with E-state index in [-0.39, 0.29) is 0 Å². The van der Waals surface area contributed by atoms with Crippen molar-refractivity contribution in [3.8, 4) is 5.75 Å². The van der Waals surface area contributed by atoms with Crippen LogP contribution < -0.4 is 10.5 Å². The molecule has 1 aromatic carbocycles. The van der Waals surface area contributed by atoms with Crippen LogP contribution in [0.1, 0.15) is 5.56 Å². The molecule has 0 aliphatic carbocycles. The van der Waals surface area contributed by atoms with Crippen molar-refractivity contribution in [2.24, 2.45) is 5.73 Å². The molecule has 17 heavy (non-hydrogen) atoms. The van der Waals surface area contributed by atoms with Gasteiger partial charge in [-0.2, -0.15) is 5.10 Å². The van der Waals surface area contributed by atoms with Crippen molar-refractivity contribution in [1.29, 1.82) is 0 Å². The van der Waals surface area contributed by atoms with E-state index in [9.17, 15) is 0 Å². The molecule has 0 unspecified atom stereocenters. The first-order valence-corrected chi connectivity index (χ1v) is 5.75. The van der Waals surface area contributed by atoms with Crippen molar-refractivity contribution in [2.75, 3.05) is 6.61 Å². The van der Waals surface area contributed by atoms with Crippen LogP contribution in [0.3, 0.4) is 0 Å². The van der Waals surface area contributed by atoms with E-state index in [1.165, 1.54) is 0 Å². The summed E-state index contributed by atoms with van der Waals surface area (Å²) in [5, 5.41) is 4.70. The van der Waals surface area contributed by atoms with E-state index in [0.717, 1.165) is 11.3 Å². The first-order chi connectivity index (χ1) is 8.28. The van der Waals surface area contributed by atoms with Gasteiger partial charge in [0.15, 0.2) is 0 Å². The van der Waals surface area contributed by atoms with Gasteiger partial charge in [0, 0.05) is 12.7 Å². The van der Waals surface area contributed by atoms with Gasteiger partial charge in [-0.1, -0.05) is 23.7 Å². The minimum Gasteiger partial charge on any atom is -0.492 e. The lowest BCUT2D eigenvalue weighted by Crippen LogP contribution is -2.08. The molecule has 2 aromatic rings. The second-order valence-electron chi connectivity index (χ2n) is 3.62. The van der Waals surface area contributed by atoms with Crippen LogP contribution in [0.25, 0.3) is 0 Å². The molecule has 0 atom stereocenters. The Bertz CT molecular complexity index is 467. The maximum absolute atomic E-state index is 5.75. The lowest BCUT2D eigenvalue weighted by Gasteiger charge is -2.06. The molecule has 0 amide bonds. The van der Waals surface area contributed by atoms with Gasteiger partial charge >= 0.3 is 0 Å². The molecule has 5 heteroatoms. The van der Waals surface area contributed by atoms with Crippen LogP contribution in [0.15, 0.2) is 36.7 Å². The van der Waals surface area contributed by atoms with Gasteiger partial charge in [0.2, 0.25) is 0 Å². The van der Waals surface area contributed by atoms with Gasteiger partial charge in [-0.15, -0.1) is 0 Å². The van der Waals surface area contributed by atoms with E-state index >= 15 is 0 Å². The molecule has 0 saturated heterocycles. The number of nitrogens with zero attached hydrogens (tertiary/aromatic N) is 2. The van der Waals surface area contributed by atoms with Crippen LogP contribution in [-0.4, -0.2) is 16.4 Å². The summed E-state index contributed by atoms with van der Waals surface area (Å²) in [5.74, 6) is 0.834. The van der Waals surface area contributed by atoms with Crippen molar-refractivity contribution in [3.63, 3.8) is 0 Å². The molecule has 2 N–H and O–H groups in total. The third kappa shape index (κ3) is 3.47. The van der Waals surface area contributed by atoms with Gasteiger partial charge in [-0.05, 0) is 17.7 Å². The van der Waals surface area contributed by atoms with E-state index in [4.69, 9.17) is 22.1 Å². The van der Waals surface area contributed by atoms with E-state index in [1.807, 2.05) is 24.3 Å². The van der Waals surface area contributed by atoms with Crippen LogP contribution in [0, 0.1) is 0 Å². The van der Waals surface area contributed by atoms with Crippen LogP contribution in [-0.2, 0) is 13.1 Å². The minimum absolute atomic E-state index is 0.548. The second-order valence-corrected chi connectivity index (χ2v) is 4.05. The third-order valence-electron chi connectivity index (χ3n) is 2.35. The van der Waals surface area contributed by atoms with Crippen LogP contribution in [0.4, 0.5) is 0 Å². The fraction of sp³-hybridized carbons (Fsp3) is 0.250. The molecular formula is C12H14ClN3O. The van der Waals surface area contributed by atoms with E-state index < -0.39 is 0 Å². The monoisotopic (exact) mass is 251 g/mol. The number of halogens is 1. The molecule has 0 aliphatic rings. The highest BCUT2D eigenvalue weighted by Gasteiger charge is 1.97. The molecule has 2 rings (SSSR count). The zero-order valence-corrected chi connectivity index (χ0v) is 10.1. The number of rotatable bonds is 5. The van der Waals surface area contributed by atoms with Gasteiger partial charge in [0.1, 0.15) is 12.4 Å². The Morgan fingerprint density at radius 2 is 2.06 bits per heavy atom. The highest BCUT2D eigenvalue weighted by atomic mass is 35.5. The topological polar surface area (TPSA) is 53.1 Å². The number of hydrogen-bond donors (Lipinski definition) is 1. The Morgan fingerprint density at radius 1 is 1.29 bits per heavy atom. The lowest BCUT2D eigenvalue weighted by atomic mass is 10.2. The van der Waals surface area contributed by atoms with E-state index in [2.05, 4.69) is 5.10 Å². The van der Waals surface area contributed by atoms with Crippen LogP contribution in [0.5, 0.6) is 5.75 Å². The summed E-state index contributed by atoms with van der Waals surface area (Å²) in [7, 11) is 0. The average Bonchev–Trinajstić information content (AvgIpc) is 2.76. The van der Waals surface area contributed by atoms with Gasteiger partial charge in [-0.3, -0.25) is 4.68 Å². The molecule has 0 aliphatic heterocycles. The van der Waals surface area contributed by atoms with E-state index in [0.29, 0.717) is 24.7 Å². The highest BCUT2D eigenvalue weighted by molar-refractivity contribution is 6.30. The Kier molecular flexibility index (Phi) is 4.01. The van der Waals surface area contributed by atoms with Gasteiger partial charge in [0.05, 0.1) is 17.8 Å². The summed E-state index contributed by atoms with van der Waals surface area (Å²) in [6.07, 6.45) is 3.38. The van der Waals surface area contributed by atoms with Crippen LogP contribution in [0.2, 0.25) is 5.02 Å². The average molecular weight is 252 g/mol. The van der Waals surface area contributed by atoms with Gasteiger partial charge < -0.3 is 10.5 Å². The summed E-state index contributed by atoms with van der Waals surface area (Å²) >= 11 is 5.75. The predicted molar refractivity (Wildman–Crippen MR) is 67.1 cm³/mol. The Hall–Kier alpha value is -1.52. The first kappa shape index (κ1) is 12.0. The second kappa shape index (κ2) is 5.70. The van der Waals surface area contributed by atoms with Crippen molar-refractivity contribution >= 4 is 11.6 Å². The summed E-state index contributed by atoms with van der Waals surface area (Å²) in [5.41, 5.74) is 6.61. The maximum Gasteiger partial charge on any atom is 0.119 e. The lowest BCUT2D eigenvalue weighted by molar-refractivity contribution is 0.291. The summed E-state index contributed by atoms with van der Waals surface area (Å²) in [4.78, 5) is 0. The van der Waals surface area contributed by atoms with Crippen molar-refractivity contribution in [3.05, 3.63) is 47.2 Å². The molecule has 0 bridgehead atoms. The predicted octanol–water partition coefficient (Wildman–Crippen LogP) is 2.07. The SMILES string of the molecule is NCc1ccc(OCCn2cc(Cl)cn2)cc1. The largest absolute Gasteiger partial charge is 0.492 e. The Labute approximate surface area is 105 Å². The molecule has 0 saturated carbocycles. The fourth-order valence-electron chi connectivity index (χ4n) is 1.44. The summed E-state index contributed by atoms with van der Waals surface area (Å²) in [6, 6.07) is 7.75. The molecular weight excluding hydrogens is 238 g/mol. The van der Waals surface area contributed by atoms with E-state index in [1.54, 1.807) is 17.1 Å². The van der Waals surface area contributed by atoms with Gasteiger partial charge in [-0.25, -0.2) is 0 Å². The number of benzene rings is 1. The molecule has 1 aromatic heterocycles. The zero-order valence-electron chi connectivity index (χ0n) is 9.34. The summed E-state index contributed by atoms with van der Waals surface area (Å²) in [6.45, 7) is 1.78. The fourth-order valence-corrected chi connectivity index (χ4v) is 1.60. The molecule has 0 fully saturated rings. The van der Waals surface area contributed by atoms with Crippen molar-refractivity contribution in [1.82, 2.24) is 9.78 Å². The molecule has 0 spiro atoms. The normalized spacial score (nSPS) is 10.5. The number of hydrogen-bond acceptors (Lipinski definition) is 3. The van der Waals surface area contributed by atoms with Crippen molar-refractivity contribution in [2.45, 2.75) is 13.1 Å². The minimum atomic E-state index is 0.548. The summed E-state index contributed by atoms with van der Waals surface area (Å²) < 4.78 is 7.32. The number of ether oxygens (including phenoxy) is 1. The number of aromatic nitrogens is 2. The highest BCUT2D eigenvalue weighted by Crippen LogP contribution is 2.12. The van der Waals surface area contributed by atoms with Crippen LogP contribution >= 0.6 is 11.6 Å². The molecule has 4 nitrogen and oxygen atoms in total. The van der Waals surface area contributed by atoms with Crippen molar-refractivity contribution < 1.29 is 4.74 Å². The molecule has 90 valence electrons. The first-order valence-electron chi connectivity index (χ1n) is 5.37. The third-order valence-corrected chi connectivity index (χ3v) is 2.55. The standard InChI is InChI=1S/C12H14ClN3O/c13-11-8-15-16(9-11)5-6-17-12-3-1-10(7-14)2-4-12/h1-4,8-9H,5-7,14H2. The van der Waals surface area contributed by atoms with Gasteiger partial charge in [0.25, 0.3) is 0 Å². The zero-order chi connectivity index (χ0) is 12.1. The maximum atomic E-state index is 5.75. The smallest absolute Gasteiger partial charge is 0.119 e. The molecule has 1 heterocycles. The molecule has 0 radical (unpaired) electrons. The Balaban J connectivity index is 1.81. The quantitative estimate of drug-likeness (QED) is 0.885. The Morgan fingerprint density at radius 3 is 2.65 bits per heavy atom. The number of nitrogens with two attached hydrogens (primary N) is 1.